The minimum Gasteiger partial charge on any atom is -0.456 e. The fraction of sp³-hybridized carbons (Fsp3) is 0.673. The molecule has 24 nitrogen and oxygen atoms in total. The average Bonchev–Trinajstić information content (AvgIpc) is 3.44. The Bertz CT molecular complexity index is 2410. The highest BCUT2D eigenvalue weighted by molar-refractivity contribution is 7.61. The predicted molar refractivity (Wildman–Crippen MR) is 301 cm³/mol. The lowest BCUT2D eigenvalue weighted by atomic mass is 9.90. The number of hydrogen-bond donors (Lipinski definition) is 6. The zero-order valence-electron chi connectivity index (χ0n) is 49.4. The summed E-state index contributed by atoms with van der Waals surface area (Å²) < 4.78 is 55.5. The third kappa shape index (κ3) is 25.7. The SMILES string of the molecule is C/C=C(\C)C1OC(=O)[C@@H](C)NC(=O)[C@H](C(C)CC)NC(=O)CN(C)C(=O)[C@@H](Cc2ccccc2)N(C)C(=O)[C@H](C)NC(=O)[C@@H](CC(C)C)OC(=O)/C(C)=C/C[C@H](OC(=O)NCCCCCCCOP(=O)(O)OP(=O)(O)OCCC)[C@@H]1C. The van der Waals surface area contributed by atoms with Crippen molar-refractivity contribution in [2.24, 2.45) is 17.8 Å². The minimum atomic E-state index is -4.86. The Labute approximate surface area is 477 Å². The van der Waals surface area contributed by atoms with Gasteiger partial charge in [0.1, 0.15) is 36.4 Å². The highest BCUT2D eigenvalue weighted by Crippen LogP contribution is 2.60. The molecule has 0 bridgehead atoms. The van der Waals surface area contributed by atoms with E-state index < -0.39 is 124 Å². The zero-order valence-corrected chi connectivity index (χ0v) is 51.2. The van der Waals surface area contributed by atoms with Crippen LogP contribution in [-0.2, 0) is 76.7 Å². The van der Waals surface area contributed by atoms with Crippen LogP contribution in [0, 0.1) is 17.8 Å². The van der Waals surface area contributed by atoms with E-state index in [0.29, 0.717) is 56.1 Å². The number of esters is 2. The molecule has 1 aromatic rings. The molecule has 4 unspecified atom stereocenters. The summed E-state index contributed by atoms with van der Waals surface area (Å²) in [5, 5.41) is 10.8. The number of likely N-dealkylation sites (N-methyl/N-ethyl adjacent to an activating group) is 2. The topological polar surface area (TPSA) is 321 Å². The van der Waals surface area contributed by atoms with E-state index in [1.807, 2.05) is 20.8 Å². The lowest BCUT2D eigenvalue weighted by Gasteiger charge is -2.33. The van der Waals surface area contributed by atoms with Crippen molar-refractivity contribution >= 4 is 63.2 Å². The predicted octanol–water partition coefficient (Wildman–Crippen LogP) is 6.58. The van der Waals surface area contributed by atoms with E-state index in [4.69, 9.17) is 18.7 Å². The van der Waals surface area contributed by atoms with Gasteiger partial charge in [0.2, 0.25) is 23.6 Å². The smallest absolute Gasteiger partial charge is 0.456 e. The Balaban J connectivity index is 2.50. The first-order chi connectivity index (χ1) is 38.0. The van der Waals surface area contributed by atoms with Crippen LogP contribution in [0.4, 0.5) is 4.79 Å². The zero-order chi connectivity index (χ0) is 61.2. The Morgan fingerprint density at radius 3 is 2.05 bits per heavy atom. The molecule has 1 heterocycles. The fourth-order valence-corrected chi connectivity index (χ4v) is 10.6. The molecule has 0 saturated heterocycles. The van der Waals surface area contributed by atoms with Crippen LogP contribution in [0.5, 0.6) is 0 Å². The Kier molecular flexibility index (Phi) is 31.4. The van der Waals surface area contributed by atoms with E-state index >= 15 is 0 Å². The maximum absolute atomic E-state index is 14.3. The van der Waals surface area contributed by atoms with Crippen molar-refractivity contribution in [3.63, 3.8) is 0 Å². The van der Waals surface area contributed by atoms with E-state index in [1.165, 1.54) is 45.8 Å². The monoisotopic (exact) mass is 1180 g/mol. The van der Waals surface area contributed by atoms with Gasteiger partial charge >= 0.3 is 33.7 Å². The average molecular weight is 1190 g/mol. The molecule has 1 aliphatic rings. The molecule has 0 spiro atoms. The van der Waals surface area contributed by atoms with Gasteiger partial charge in [0, 0.05) is 45.0 Å². The molecule has 0 aliphatic carbocycles. The van der Waals surface area contributed by atoms with Gasteiger partial charge in [-0.1, -0.05) is 110 Å². The number of carbonyl (C=O) groups is 8. The lowest BCUT2D eigenvalue weighted by molar-refractivity contribution is -0.155. The molecule has 458 valence electrons. The number of unbranched alkanes of at least 4 members (excludes halogenated alkanes) is 4. The van der Waals surface area contributed by atoms with Crippen LogP contribution >= 0.6 is 15.6 Å². The molecule has 0 aromatic heterocycles. The number of benzene rings is 1. The Morgan fingerprint density at radius 2 is 1.44 bits per heavy atom. The van der Waals surface area contributed by atoms with Crippen molar-refractivity contribution < 1.29 is 84.8 Å². The highest BCUT2D eigenvalue weighted by Gasteiger charge is 2.39. The first-order valence-corrected chi connectivity index (χ1v) is 30.7. The van der Waals surface area contributed by atoms with E-state index in [2.05, 4.69) is 30.1 Å². The van der Waals surface area contributed by atoms with Gasteiger partial charge in [-0.05, 0) is 83.3 Å². The number of phosphoric acid groups is 2. The van der Waals surface area contributed by atoms with Crippen molar-refractivity contribution in [3.8, 4) is 0 Å². The van der Waals surface area contributed by atoms with Gasteiger partial charge in [0.05, 0.1) is 19.8 Å². The molecule has 2 rings (SSSR count). The van der Waals surface area contributed by atoms with Crippen LogP contribution in [0.15, 0.2) is 53.6 Å². The van der Waals surface area contributed by atoms with Crippen molar-refractivity contribution in [2.75, 3.05) is 40.4 Å². The second kappa shape index (κ2) is 35.5. The first kappa shape index (κ1) is 71.6. The molecule has 6 N–H and O–H groups in total. The van der Waals surface area contributed by atoms with Crippen molar-refractivity contribution in [3.05, 3.63) is 59.2 Å². The number of nitrogens with one attached hydrogen (secondary N) is 4. The van der Waals surface area contributed by atoms with E-state index in [0.717, 1.165) is 4.90 Å². The molecule has 0 fully saturated rings. The molecule has 11 atom stereocenters. The van der Waals surface area contributed by atoms with Gasteiger partial charge in [0.25, 0.3) is 5.91 Å². The summed E-state index contributed by atoms with van der Waals surface area (Å²) in [5.41, 5.74) is 1.30. The molecule has 26 heteroatoms. The Morgan fingerprint density at radius 1 is 0.840 bits per heavy atom. The molecular weight excluding hydrogens is 1090 g/mol. The van der Waals surface area contributed by atoms with Crippen molar-refractivity contribution in [1.82, 2.24) is 31.1 Å². The number of carbonyl (C=O) groups excluding carboxylic acids is 8. The van der Waals surface area contributed by atoms with Crippen molar-refractivity contribution in [2.45, 2.75) is 183 Å². The van der Waals surface area contributed by atoms with Gasteiger partial charge in [-0.2, -0.15) is 4.31 Å². The van der Waals surface area contributed by atoms with Crippen LogP contribution < -0.4 is 21.3 Å². The summed E-state index contributed by atoms with van der Waals surface area (Å²) in [5.74, 6) is -6.56. The van der Waals surface area contributed by atoms with Crippen molar-refractivity contribution in [1.29, 1.82) is 0 Å². The molecule has 81 heavy (non-hydrogen) atoms. The van der Waals surface area contributed by atoms with Crippen LogP contribution in [0.2, 0.25) is 0 Å². The lowest BCUT2D eigenvalue weighted by Crippen LogP contribution is -2.57. The molecule has 0 saturated carbocycles. The fourth-order valence-electron chi connectivity index (χ4n) is 8.38. The summed E-state index contributed by atoms with van der Waals surface area (Å²) in [4.78, 5) is 133. The summed E-state index contributed by atoms with van der Waals surface area (Å²) in [6, 6.07) is 4.11. The van der Waals surface area contributed by atoms with Crippen LogP contribution in [0.1, 0.15) is 140 Å². The van der Waals surface area contributed by atoms with Gasteiger partial charge in [0.15, 0.2) is 6.10 Å². The summed E-state index contributed by atoms with van der Waals surface area (Å²) in [6.45, 7) is 17.6. The van der Waals surface area contributed by atoms with E-state index in [1.54, 1.807) is 71.0 Å². The first-order valence-electron chi connectivity index (χ1n) is 27.7. The number of cyclic esters (lactones) is 2. The number of alkyl carbamates (subject to hydrolysis) is 1. The number of allylic oxidation sites excluding steroid dienone is 1. The maximum Gasteiger partial charge on any atom is 0.481 e. The maximum atomic E-state index is 14.3. The number of ether oxygens (including phenoxy) is 3. The molecule has 1 aromatic carbocycles. The molecule has 0 radical (unpaired) electrons. The van der Waals surface area contributed by atoms with E-state index in [-0.39, 0.29) is 50.5 Å². The third-order valence-corrected chi connectivity index (χ3v) is 16.2. The number of phosphoric ester groups is 2. The number of hydrogen-bond acceptors (Lipinski definition) is 16. The minimum absolute atomic E-state index is 0.0403. The summed E-state index contributed by atoms with van der Waals surface area (Å²) >= 11 is 0. The number of amides is 6. The van der Waals surface area contributed by atoms with Gasteiger partial charge in [-0.3, -0.25) is 33.0 Å². The van der Waals surface area contributed by atoms with Gasteiger partial charge in [-0.15, -0.1) is 0 Å². The van der Waals surface area contributed by atoms with Gasteiger partial charge in [-0.25, -0.2) is 23.5 Å². The number of rotatable bonds is 22. The molecular formula is C55H90N6O18P2. The van der Waals surface area contributed by atoms with E-state index in [9.17, 15) is 57.3 Å². The normalized spacial score (nSPS) is 25.7. The molecule has 6 amide bonds. The second-order valence-electron chi connectivity index (χ2n) is 21.0. The largest absolute Gasteiger partial charge is 0.481 e. The van der Waals surface area contributed by atoms with Crippen LogP contribution in [0.25, 0.3) is 0 Å². The standard InChI is InChI=1S/C55H90N6O18P2/c1-14-30-74-80(70,71)79-81(72,73)75-31-24-19-17-18-23-29-56-55(69)77-44-28-27-38(8)53(67)76-45(32-35(4)5)49(63)57-40(10)51(65)61(13)43(33-42-25-21-20-22-26-42)52(66)60(12)34-46(62)59-47(36(6)15-2)50(64)58-41(11)54(68)78-48(39(44)9)37(7)16-3/h16,20-22,25-27,35-36,39-41,43-45,47-48H,14-15,17-19,23-24,28-34H2,1-13H3,(H,56,69)(H,57,63)(H,58,64)(H,59,62)(H,70,71)(H,72,73)/b37-16+,38-27+/t36?,39-,40-,41+,43+,44-,45+,47-,48?/m0/s1. The molecule has 1 aliphatic heterocycles. The summed E-state index contributed by atoms with van der Waals surface area (Å²) in [7, 11) is -6.84. The quantitative estimate of drug-likeness (QED) is 0.0235. The third-order valence-electron chi connectivity index (χ3n) is 13.6. The highest BCUT2D eigenvalue weighted by atomic mass is 31.3. The van der Waals surface area contributed by atoms with Crippen LogP contribution in [-0.4, -0.2) is 150 Å². The Hall–Kier alpha value is -5.48. The van der Waals surface area contributed by atoms with Crippen LogP contribution in [0.3, 0.4) is 0 Å². The number of nitrogens with zero attached hydrogens (tertiary/aromatic N) is 2. The van der Waals surface area contributed by atoms with Gasteiger partial charge < -0.3 is 55.1 Å². The summed E-state index contributed by atoms with van der Waals surface area (Å²) in [6.07, 6.45) is 2.25. The second-order valence-corrected chi connectivity index (χ2v) is 24.0.